The predicted octanol–water partition coefficient (Wildman–Crippen LogP) is 1.86. The lowest BCUT2D eigenvalue weighted by molar-refractivity contribution is 0.0951. The fraction of sp³-hybridized carbons (Fsp3) is 0.231. The first-order chi connectivity index (χ1) is 9.06. The molecular weight excluding hydrogens is 310 g/mol. The number of nitrogens with one attached hydrogen (secondary N) is 1. The minimum atomic E-state index is -0.297. The average Bonchev–Trinajstić information content (AvgIpc) is 2.78. The van der Waals surface area contributed by atoms with E-state index < -0.39 is 0 Å². The summed E-state index contributed by atoms with van der Waals surface area (Å²) in [5.74, 6) is -0.326. The van der Waals surface area contributed by atoms with Gasteiger partial charge < -0.3 is 10.4 Å². The number of carbonyl (C=O) groups is 1. The van der Waals surface area contributed by atoms with Crippen LogP contribution in [0.15, 0.2) is 34.9 Å². The predicted molar refractivity (Wildman–Crippen MR) is 75.1 cm³/mol. The minimum absolute atomic E-state index is 0.0291. The van der Waals surface area contributed by atoms with E-state index in [1.165, 1.54) is 6.07 Å². The van der Waals surface area contributed by atoms with Crippen LogP contribution < -0.4 is 5.32 Å². The highest BCUT2D eigenvalue weighted by Crippen LogP contribution is 2.21. The molecule has 1 aromatic heterocycles. The quantitative estimate of drug-likeness (QED) is 0.902. The molecule has 0 unspecified atom stereocenters. The number of benzene rings is 1. The number of nitrogens with zero attached hydrogens (tertiary/aromatic N) is 2. The van der Waals surface area contributed by atoms with Crippen molar-refractivity contribution in [2.24, 2.45) is 7.05 Å². The lowest BCUT2D eigenvalue weighted by Gasteiger charge is -2.06. The first-order valence-corrected chi connectivity index (χ1v) is 6.61. The van der Waals surface area contributed by atoms with Gasteiger partial charge in [-0.05, 0) is 24.3 Å². The third-order valence-corrected chi connectivity index (χ3v) is 3.13. The summed E-state index contributed by atoms with van der Waals surface area (Å²) < 4.78 is 2.47. The Morgan fingerprint density at radius 2 is 2.26 bits per heavy atom. The van der Waals surface area contributed by atoms with Crippen molar-refractivity contribution < 1.29 is 9.90 Å². The topological polar surface area (TPSA) is 67.2 Å². The molecule has 5 nitrogen and oxygen atoms in total. The molecule has 0 aliphatic heterocycles. The largest absolute Gasteiger partial charge is 0.507 e. The van der Waals surface area contributed by atoms with Crippen LogP contribution in [-0.4, -0.2) is 27.3 Å². The summed E-state index contributed by atoms with van der Waals surface area (Å²) in [5, 5.41) is 16.6. The Morgan fingerprint density at radius 3 is 2.95 bits per heavy atom. The van der Waals surface area contributed by atoms with Crippen molar-refractivity contribution >= 4 is 21.8 Å². The summed E-state index contributed by atoms with van der Waals surface area (Å²) in [7, 11) is 1.85. The van der Waals surface area contributed by atoms with Gasteiger partial charge in [-0.25, -0.2) is 0 Å². The Hall–Kier alpha value is -1.82. The number of hydrogen-bond acceptors (Lipinski definition) is 3. The molecule has 0 saturated heterocycles. The monoisotopic (exact) mass is 323 g/mol. The number of amides is 1. The molecule has 2 rings (SSSR count). The van der Waals surface area contributed by atoms with E-state index in [1.54, 1.807) is 16.8 Å². The van der Waals surface area contributed by atoms with Crippen molar-refractivity contribution in [3.63, 3.8) is 0 Å². The molecule has 100 valence electrons. The molecule has 1 heterocycles. The number of phenols is 1. The van der Waals surface area contributed by atoms with E-state index in [-0.39, 0.29) is 17.2 Å². The zero-order valence-corrected chi connectivity index (χ0v) is 12.0. The van der Waals surface area contributed by atoms with Crippen LogP contribution in [-0.2, 0) is 13.5 Å². The van der Waals surface area contributed by atoms with Gasteiger partial charge in [-0.3, -0.25) is 9.48 Å². The van der Waals surface area contributed by atoms with E-state index in [2.05, 4.69) is 26.3 Å². The van der Waals surface area contributed by atoms with Gasteiger partial charge in [-0.1, -0.05) is 15.9 Å². The maximum Gasteiger partial charge on any atom is 0.255 e. The molecule has 0 atom stereocenters. The van der Waals surface area contributed by atoms with Crippen LogP contribution in [0.3, 0.4) is 0 Å². The zero-order valence-electron chi connectivity index (χ0n) is 10.4. The summed E-state index contributed by atoms with van der Waals surface area (Å²) in [6, 6.07) is 6.66. The van der Waals surface area contributed by atoms with Gasteiger partial charge >= 0.3 is 0 Å². The SMILES string of the molecule is Cn1ccc(CCNC(=O)c2cc(Br)ccc2O)n1. The van der Waals surface area contributed by atoms with Crippen LogP contribution in [0.4, 0.5) is 0 Å². The summed E-state index contributed by atoms with van der Waals surface area (Å²) in [6.45, 7) is 0.474. The average molecular weight is 324 g/mol. The lowest BCUT2D eigenvalue weighted by atomic mass is 10.2. The molecule has 19 heavy (non-hydrogen) atoms. The molecule has 1 aromatic carbocycles. The van der Waals surface area contributed by atoms with Crippen LogP contribution in [0.2, 0.25) is 0 Å². The third kappa shape index (κ3) is 3.57. The van der Waals surface area contributed by atoms with Gasteiger partial charge in [0, 0.05) is 30.7 Å². The number of rotatable bonds is 4. The molecule has 0 bridgehead atoms. The van der Waals surface area contributed by atoms with Crippen LogP contribution in [0.5, 0.6) is 5.75 Å². The van der Waals surface area contributed by atoms with Gasteiger partial charge in [0.2, 0.25) is 0 Å². The Bertz CT molecular complexity index is 595. The number of hydrogen-bond donors (Lipinski definition) is 2. The fourth-order valence-electron chi connectivity index (χ4n) is 1.69. The van der Waals surface area contributed by atoms with E-state index >= 15 is 0 Å². The second kappa shape index (κ2) is 5.88. The van der Waals surface area contributed by atoms with Crippen LogP contribution in [0, 0.1) is 0 Å². The van der Waals surface area contributed by atoms with Crippen LogP contribution in [0.1, 0.15) is 16.1 Å². The van der Waals surface area contributed by atoms with E-state index in [0.29, 0.717) is 13.0 Å². The molecule has 0 aliphatic carbocycles. The Balaban J connectivity index is 1.92. The van der Waals surface area contributed by atoms with E-state index in [9.17, 15) is 9.90 Å². The standard InChI is InChI=1S/C13H14BrN3O2/c1-17-7-5-10(16-17)4-6-15-13(19)11-8-9(14)2-3-12(11)18/h2-3,5,7-8,18H,4,6H2,1H3,(H,15,19). The number of aromatic hydroxyl groups is 1. The molecule has 0 radical (unpaired) electrons. The Labute approximate surface area is 119 Å². The molecule has 1 amide bonds. The highest BCUT2D eigenvalue weighted by atomic mass is 79.9. The first-order valence-electron chi connectivity index (χ1n) is 5.81. The second-order valence-electron chi connectivity index (χ2n) is 4.15. The number of aryl methyl sites for hydroxylation is 1. The van der Waals surface area contributed by atoms with Crippen LogP contribution in [0.25, 0.3) is 0 Å². The first kappa shape index (κ1) is 13.6. The summed E-state index contributed by atoms with van der Waals surface area (Å²) in [4.78, 5) is 11.9. The van der Waals surface area contributed by atoms with Gasteiger partial charge in [0.1, 0.15) is 5.75 Å². The fourth-order valence-corrected chi connectivity index (χ4v) is 2.05. The molecule has 0 spiro atoms. The maximum atomic E-state index is 11.9. The second-order valence-corrected chi connectivity index (χ2v) is 5.06. The third-order valence-electron chi connectivity index (χ3n) is 2.64. The lowest BCUT2D eigenvalue weighted by Crippen LogP contribution is -2.25. The molecule has 0 saturated carbocycles. The highest BCUT2D eigenvalue weighted by molar-refractivity contribution is 9.10. The summed E-state index contributed by atoms with van der Waals surface area (Å²) >= 11 is 3.27. The van der Waals surface area contributed by atoms with Crippen molar-refractivity contribution in [2.45, 2.75) is 6.42 Å². The van der Waals surface area contributed by atoms with E-state index in [0.717, 1.165) is 10.2 Å². The van der Waals surface area contributed by atoms with Crippen molar-refractivity contribution in [3.05, 3.63) is 46.2 Å². The molecule has 0 aliphatic rings. The van der Waals surface area contributed by atoms with E-state index in [4.69, 9.17) is 0 Å². The molecule has 2 N–H and O–H groups in total. The highest BCUT2D eigenvalue weighted by Gasteiger charge is 2.11. The number of halogens is 1. The van der Waals surface area contributed by atoms with Gasteiger partial charge in [0.15, 0.2) is 0 Å². The van der Waals surface area contributed by atoms with Crippen molar-refractivity contribution in [1.29, 1.82) is 0 Å². The number of aromatic nitrogens is 2. The number of phenolic OH excluding ortho intramolecular Hbond substituents is 1. The minimum Gasteiger partial charge on any atom is -0.507 e. The smallest absolute Gasteiger partial charge is 0.255 e. The summed E-state index contributed by atoms with van der Waals surface area (Å²) in [5.41, 5.74) is 1.18. The van der Waals surface area contributed by atoms with Crippen LogP contribution >= 0.6 is 15.9 Å². The van der Waals surface area contributed by atoms with Gasteiger partial charge in [0.05, 0.1) is 11.3 Å². The van der Waals surface area contributed by atoms with Crippen molar-refractivity contribution in [2.75, 3.05) is 6.54 Å². The molecule has 6 heteroatoms. The van der Waals surface area contributed by atoms with Gasteiger partial charge in [0.25, 0.3) is 5.91 Å². The van der Waals surface area contributed by atoms with E-state index in [1.807, 2.05) is 19.3 Å². The summed E-state index contributed by atoms with van der Waals surface area (Å²) in [6.07, 6.45) is 2.51. The van der Waals surface area contributed by atoms with Crippen molar-refractivity contribution in [3.8, 4) is 5.75 Å². The Morgan fingerprint density at radius 1 is 1.47 bits per heavy atom. The van der Waals surface area contributed by atoms with Crippen molar-refractivity contribution in [1.82, 2.24) is 15.1 Å². The molecule has 0 fully saturated rings. The Kier molecular flexibility index (Phi) is 4.21. The van der Waals surface area contributed by atoms with Gasteiger partial charge in [-0.2, -0.15) is 5.10 Å². The van der Waals surface area contributed by atoms with Gasteiger partial charge in [-0.15, -0.1) is 0 Å². The number of carbonyl (C=O) groups excluding carboxylic acids is 1. The zero-order chi connectivity index (χ0) is 13.8. The molecular formula is C13H14BrN3O2. The maximum absolute atomic E-state index is 11.9. The molecule has 2 aromatic rings. The normalized spacial score (nSPS) is 10.4.